The fourth-order valence-corrected chi connectivity index (χ4v) is 3.89. The zero-order valence-corrected chi connectivity index (χ0v) is 14.4. The second-order valence-electron chi connectivity index (χ2n) is 7.01. The number of allylic oxidation sites excluding steroid dienone is 1. The number of aliphatic hydroxyl groups is 1. The minimum Gasteiger partial charge on any atom is -0.481 e. The summed E-state index contributed by atoms with van der Waals surface area (Å²) in [6.45, 7) is -0.601. The van der Waals surface area contributed by atoms with Gasteiger partial charge in [-0.1, -0.05) is 24.3 Å². The number of halogens is 2. The number of aliphatic hydroxyl groups excluding tert-OH is 1. The van der Waals surface area contributed by atoms with Crippen molar-refractivity contribution < 1.29 is 38.1 Å². The van der Waals surface area contributed by atoms with E-state index >= 15 is 0 Å². The van der Waals surface area contributed by atoms with Crippen molar-refractivity contribution in [3.05, 3.63) is 48.0 Å². The maximum Gasteiger partial charge on any atom is 0.338 e. The molecule has 146 valence electrons. The van der Waals surface area contributed by atoms with Gasteiger partial charge in [-0.25, -0.2) is 13.6 Å². The van der Waals surface area contributed by atoms with Crippen LogP contribution in [0.3, 0.4) is 0 Å². The van der Waals surface area contributed by atoms with Gasteiger partial charge in [0.2, 0.25) is 0 Å². The first-order valence-corrected chi connectivity index (χ1v) is 8.55. The number of esters is 1. The molecule has 6 nitrogen and oxygen atoms in total. The van der Waals surface area contributed by atoms with E-state index in [0.29, 0.717) is 6.08 Å². The highest BCUT2D eigenvalue weighted by Gasteiger charge is 2.57. The Morgan fingerprint density at radius 3 is 2.56 bits per heavy atom. The molecule has 1 fully saturated rings. The van der Waals surface area contributed by atoms with E-state index in [1.807, 2.05) is 0 Å². The van der Waals surface area contributed by atoms with Crippen LogP contribution in [0.2, 0.25) is 0 Å². The second-order valence-corrected chi connectivity index (χ2v) is 7.01. The third-order valence-corrected chi connectivity index (χ3v) is 5.25. The van der Waals surface area contributed by atoms with Crippen molar-refractivity contribution in [2.75, 3.05) is 13.2 Å². The largest absolute Gasteiger partial charge is 0.481 e. The van der Waals surface area contributed by atoms with Gasteiger partial charge in [0.05, 0.1) is 24.7 Å². The van der Waals surface area contributed by atoms with Gasteiger partial charge in [-0.05, 0) is 24.1 Å². The second kappa shape index (κ2) is 7.36. The standard InChI is InChI=1S/C19H20F2O6/c20-19(21)7-6-14(16(23)24)18(10-19,13-8-15(22)26-9-13)11-27-17(25)12-4-2-1-3-5-12/h1-7,13-15,22H,8-11H2,(H,23,24)/t13-,14?,15?,18+/m0/s1. The number of hydrogen-bond donors (Lipinski definition) is 2. The molecule has 1 aliphatic heterocycles. The van der Waals surface area contributed by atoms with Crippen molar-refractivity contribution in [3.63, 3.8) is 0 Å². The molecule has 1 heterocycles. The van der Waals surface area contributed by atoms with Gasteiger partial charge < -0.3 is 19.7 Å². The number of benzene rings is 1. The Morgan fingerprint density at radius 1 is 1.26 bits per heavy atom. The number of hydrogen-bond acceptors (Lipinski definition) is 5. The molecule has 27 heavy (non-hydrogen) atoms. The highest BCUT2D eigenvalue weighted by molar-refractivity contribution is 5.89. The zero-order valence-electron chi connectivity index (χ0n) is 14.4. The minimum atomic E-state index is -3.25. The van der Waals surface area contributed by atoms with Gasteiger partial charge in [0.15, 0.2) is 6.29 Å². The van der Waals surface area contributed by atoms with Crippen LogP contribution in [0.15, 0.2) is 42.5 Å². The van der Waals surface area contributed by atoms with Gasteiger partial charge in [-0.2, -0.15) is 0 Å². The summed E-state index contributed by atoms with van der Waals surface area (Å²) in [7, 11) is 0. The van der Waals surface area contributed by atoms with Crippen LogP contribution in [-0.4, -0.2) is 47.6 Å². The molecule has 2 N–H and O–H groups in total. The maximum atomic E-state index is 14.2. The Hall–Kier alpha value is -2.32. The predicted molar refractivity (Wildman–Crippen MR) is 89.1 cm³/mol. The normalized spacial score (nSPS) is 32.2. The molecule has 1 aromatic carbocycles. The van der Waals surface area contributed by atoms with Crippen LogP contribution in [0.5, 0.6) is 0 Å². The summed E-state index contributed by atoms with van der Waals surface area (Å²) in [6.07, 6.45) is -0.444. The van der Waals surface area contributed by atoms with Crippen molar-refractivity contribution in [2.24, 2.45) is 17.3 Å². The van der Waals surface area contributed by atoms with Crippen molar-refractivity contribution in [1.29, 1.82) is 0 Å². The lowest BCUT2D eigenvalue weighted by Gasteiger charge is -2.45. The lowest BCUT2D eigenvalue weighted by atomic mass is 9.61. The Morgan fingerprint density at radius 2 is 1.96 bits per heavy atom. The highest BCUT2D eigenvalue weighted by Crippen LogP contribution is 2.52. The van der Waals surface area contributed by atoms with Crippen LogP contribution < -0.4 is 0 Å². The van der Waals surface area contributed by atoms with E-state index in [1.165, 1.54) is 12.1 Å². The average molecular weight is 382 g/mol. The molecule has 0 amide bonds. The number of ether oxygens (including phenoxy) is 2. The molecule has 0 saturated carbocycles. The molecule has 0 aromatic heterocycles. The van der Waals surface area contributed by atoms with Gasteiger partial charge in [0, 0.05) is 18.3 Å². The monoisotopic (exact) mass is 382 g/mol. The smallest absolute Gasteiger partial charge is 0.338 e. The number of alkyl halides is 2. The summed E-state index contributed by atoms with van der Waals surface area (Å²) < 4.78 is 38.8. The van der Waals surface area contributed by atoms with E-state index < -0.39 is 54.4 Å². The summed E-state index contributed by atoms with van der Waals surface area (Å²) in [5.41, 5.74) is -1.35. The summed E-state index contributed by atoms with van der Waals surface area (Å²) >= 11 is 0. The number of aliphatic carboxylic acids is 1. The maximum absolute atomic E-state index is 14.2. The Bertz CT molecular complexity index is 735. The summed E-state index contributed by atoms with van der Waals surface area (Å²) in [5, 5.41) is 19.3. The van der Waals surface area contributed by atoms with Crippen LogP contribution in [0.25, 0.3) is 0 Å². The van der Waals surface area contributed by atoms with Crippen LogP contribution in [0.4, 0.5) is 8.78 Å². The van der Waals surface area contributed by atoms with Crippen LogP contribution in [0, 0.1) is 17.3 Å². The lowest BCUT2D eigenvalue weighted by Crippen LogP contribution is -2.51. The van der Waals surface area contributed by atoms with Gasteiger partial charge >= 0.3 is 11.9 Å². The van der Waals surface area contributed by atoms with Gasteiger partial charge in [0.1, 0.15) is 0 Å². The molecule has 0 bridgehead atoms. The first-order valence-electron chi connectivity index (χ1n) is 8.55. The van der Waals surface area contributed by atoms with Gasteiger partial charge in [-0.3, -0.25) is 4.79 Å². The van der Waals surface area contributed by atoms with E-state index in [4.69, 9.17) is 9.47 Å². The third kappa shape index (κ3) is 4.01. The van der Waals surface area contributed by atoms with Crippen molar-refractivity contribution >= 4 is 11.9 Å². The van der Waals surface area contributed by atoms with Crippen molar-refractivity contribution in [3.8, 4) is 0 Å². The van der Waals surface area contributed by atoms with Crippen LogP contribution in [-0.2, 0) is 14.3 Å². The quantitative estimate of drug-likeness (QED) is 0.600. The first-order chi connectivity index (χ1) is 12.7. The van der Waals surface area contributed by atoms with Crippen LogP contribution >= 0.6 is 0 Å². The number of carbonyl (C=O) groups excluding carboxylic acids is 1. The number of rotatable bonds is 5. The van der Waals surface area contributed by atoms with E-state index in [2.05, 4.69) is 0 Å². The predicted octanol–water partition coefficient (Wildman–Crippen LogP) is 2.48. The van der Waals surface area contributed by atoms with Gasteiger partial charge in [-0.15, -0.1) is 0 Å². The van der Waals surface area contributed by atoms with Gasteiger partial charge in [0.25, 0.3) is 5.92 Å². The Balaban J connectivity index is 1.91. The molecule has 0 spiro atoms. The summed E-state index contributed by atoms with van der Waals surface area (Å²) in [4.78, 5) is 24.1. The molecule has 2 aliphatic rings. The molecule has 1 aromatic rings. The van der Waals surface area contributed by atoms with Crippen LogP contribution in [0.1, 0.15) is 23.2 Å². The molecule has 4 atom stereocenters. The topological polar surface area (TPSA) is 93.1 Å². The molecule has 2 unspecified atom stereocenters. The third-order valence-electron chi connectivity index (χ3n) is 5.25. The first kappa shape index (κ1) is 19.4. The van der Waals surface area contributed by atoms with Crippen molar-refractivity contribution in [1.82, 2.24) is 0 Å². The summed E-state index contributed by atoms with van der Waals surface area (Å²) in [5.74, 6) is -7.26. The molecular weight excluding hydrogens is 362 g/mol. The lowest BCUT2D eigenvalue weighted by molar-refractivity contribution is -0.154. The highest BCUT2D eigenvalue weighted by atomic mass is 19.3. The molecule has 1 saturated heterocycles. The summed E-state index contributed by atoms with van der Waals surface area (Å²) in [6, 6.07) is 8.00. The Kier molecular flexibility index (Phi) is 5.30. The number of carbonyl (C=O) groups is 2. The molecular formula is C19H20F2O6. The fraction of sp³-hybridized carbons (Fsp3) is 0.474. The Labute approximate surface area is 154 Å². The molecule has 1 aliphatic carbocycles. The van der Waals surface area contributed by atoms with E-state index in [-0.39, 0.29) is 18.6 Å². The minimum absolute atomic E-state index is 0.00339. The fourth-order valence-electron chi connectivity index (χ4n) is 3.89. The number of carboxylic acids is 1. The van der Waals surface area contributed by atoms with E-state index in [9.17, 15) is 28.6 Å². The van der Waals surface area contributed by atoms with E-state index in [1.54, 1.807) is 18.2 Å². The zero-order chi connectivity index (χ0) is 19.7. The van der Waals surface area contributed by atoms with E-state index in [0.717, 1.165) is 6.08 Å². The molecule has 0 radical (unpaired) electrons. The molecule has 8 heteroatoms. The number of carboxylic acid groups (broad SMARTS) is 1. The molecule has 3 rings (SSSR count). The average Bonchev–Trinajstić information content (AvgIpc) is 3.06. The SMILES string of the molecule is O=C(OC[C@@]1([C@@H]2COC(O)C2)CC(F)(F)C=CC1C(=O)O)c1ccccc1. The van der Waals surface area contributed by atoms with Crippen molar-refractivity contribution in [2.45, 2.75) is 25.1 Å².